The van der Waals surface area contributed by atoms with E-state index in [4.69, 9.17) is 9.72 Å². The smallest absolute Gasteiger partial charge is 0.107 e. The van der Waals surface area contributed by atoms with Gasteiger partial charge in [-0.2, -0.15) is 0 Å². The Kier molecular flexibility index (Phi) is 5.69. The Labute approximate surface area is 143 Å². The predicted molar refractivity (Wildman–Crippen MR) is 92.9 cm³/mol. The molecule has 0 radical (unpaired) electrons. The Hall–Kier alpha value is -0.530. The fourth-order valence-corrected chi connectivity index (χ4v) is 4.65. The monoisotopic (exact) mass is 339 g/mol. The van der Waals surface area contributed by atoms with E-state index in [1.54, 1.807) is 0 Å². The molecule has 0 aromatic carbocycles. The fraction of sp³-hybridized carbons (Fsp3) is 0.824. The van der Waals surface area contributed by atoms with Crippen LogP contribution in [0.25, 0.3) is 0 Å². The van der Waals surface area contributed by atoms with Crippen LogP contribution in [-0.2, 0) is 24.1 Å². The van der Waals surface area contributed by atoms with E-state index in [1.807, 2.05) is 18.3 Å². The lowest BCUT2D eigenvalue weighted by Gasteiger charge is -2.33. The molecule has 23 heavy (non-hydrogen) atoms. The molecule has 1 aliphatic carbocycles. The van der Waals surface area contributed by atoms with Gasteiger partial charge in [0.2, 0.25) is 0 Å². The van der Waals surface area contributed by atoms with Gasteiger partial charge < -0.3 is 15.2 Å². The van der Waals surface area contributed by atoms with E-state index < -0.39 is 5.60 Å². The quantitative estimate of drug-likeness (QED) is 0.821. The Morgan fingerprint density at radius 1 is 1.43 bits per heavy atom. The van der Waals surface area contributed by atoms with Gasteiger partial charge in [-0.15, -0.1) is 11.3 Å². The van der Waals surface area contributed by atoms with Crippen LogP contribution in [0.3, 0.4) is 0 Å². The highest BCUT2D eigenvalue weighted by Crippen LogP contribution is 2.29. The maximum Gasteiger partial charge on any atom is 0.107 e. The van der Waals surface area contributed by atoms with Gasteiger partial charge in [-0.3, -0.25) is 4.90 Å². The summed E-state index contributed by atoms with van der Waals surface area (Å²) in [5, 5.41) is 15.1. The van der Waals surface area contributed by atoms with E-state index in [-0.39, 0.29) is 0 Å². The van der Waals surface area contributed by atoms with Crippen molar-refractivity contribution >= 4 is 11.3 Å². The number of thiazole rings is 1. The summed E-state index contributed by atoms with van der Waals surface area (Å²) >= 11 is 1.84. The molecule has 130 valence electrons. The summed E-state index contributed by atoms with van der Waals surface area (Å²) in [6.45, 7) is 9.62. The Morgan fingerprint density at radius 3 is 3.00 bits per heavy atom. The summed E-state index contributed by atoms with van der Waals surface area (Å²) in [7, 11) is 0. The van der Waals surface area contributed by atoms with Crippen LogP contribution in [0, 0.1) is 5.92 Å². The van der Waals surface area contributed by atoms with E-state index in [9.17, 15) is 5.11 Å². The Bertz CT molecular complexity index is 512. The van der Waals surface area contributed by atoms with Crippen LogP contribution in [0.2, 0.25) is 0 Å². The third-order valence-electron chi connectivity index (χ3n) is 4.68. The Morgan fingerprint density at radius 2 is 2.22 bits per heavy atom. The second kappa shape index (κ2) is 7.57. The molecule has 1 saturated heterocycles. The minimum atomic E-state index is -0.720. The van der Waals surface area contributed by atoms with Crippen LogP contribution >= 0.6 is 11.3 Å². The van der Waals surface area contributed by atoms with Gasteiger partial charge >= 0.3 is 0 Å². The number of nitrogens with zero attached hydrogens (tertiary/aromatic N) is 2. The molecule has 2 atom stereocenters. The summed E-state index contributed by atoms with van der Waals surface area (Å²) in [6.07, 6.45) is 3.57. The third-order valence-corrected chi connectivity index (χ3v) is 5.80. The van der Waals surface area contributed by atoms with Gasteiger partial charge in [0.1, 0.15) is 5.01 Å². The van der Waals surface area contributed by atoms with Gasteiger partial charge in [-0.1, -0.05) is 6.92 Å². The number of β-amino-alcohol motifs (C(OH)–C–C–N with tert-alkyl or cyclic N) is 1. The van der Waals surface area contributed by atoms with Crippen molar-refractivity contribution in [3.63, 3.8) is 0 Å². The highest BCUT2D eigenvalue weighted by atomic mass is 32.1. The van der Waals surface area contributed by atoms with Gasteiger partial charge in [0.25, 0.3) is 0 Å². The maximum atomic E-state index is 10.6. The molecule has 2 N–H and O–H groups in total. The minimum absolute atomic E-state index is 0.588. The van der Waals surface area contributed by atoms with Crippen molar-refractivity contribution in [2.75, 3.05) is 39.4 Å². The molecule has 1 aliphatic heterocycles. The second-order valence-electron chi connectivity index (χ2n) is 7.31. The first-order chi connectivity index (χ1) is 11.0. The summed E-state index contributed by atoms with van der Waals surface area (Å²) in [5.41, 5.74) is 0.591. The van der Waals surface area contributed by atoms with Crippen LogP contribution in [0.1, 0.15) is 35.8 Å². The topological polar surface area (TPSA) is 57.6 Å². The standard InChI is InChI=1S/C17H29N3O2S/c1-13-3-4-14-15(9-13)23-16(19-14)10-18-11-17(2,21)12-20-5-7-22-8-6-20/h13,18,21H,3-12H2,1-2H3. The predicted octanol–water partition coefficient (Wildman–Crippen LogP) is 1.44. The molecule has 2 heterocycles. The number of aryl methyl sites for hydroxylation is 1. The van der Waals surface area contributed by atoms with Crippen molar-refractivity contribution in [3.05, 3.63) is 15.6 Å². The van der Waals surface area contributed by atoms with Crippen LogP contribution in [0.4, 0.5) is 0 Å². The van der Waals surface area contributed by atoms with Gasteiger partial charge in [0.05, 0.1) is 24.5 Å². The number of fused-ring (bicyclic) bond motifs is 1. The lowest BCUT2D eigenvalue weighted by atomic mass is 9.93. The average Bonchev–Trinajstić information content (AvgIpc) is 2.89. The molecule has 6 heteroatoms. The van der Waals surface area contributed by atoms with E-state index in [1.165, 1.54) is 23.4 Å². The van der Waals surface area contributed by atoms with Crippen LogP contribution < -0.4 is 5.32 Å². The molecule has 5 nitrogen and oxygen atoms in total. The van der Waals surface area contributed by atoms with Crippen molar-refractivity contribution in [2.24, 2.45) is 5.92 Å². The zero-order valence-corrected chi connectivity index (χ0v) is 15.1. The number of nitrogens with one attached hydrogen (secondary N) is 1. The molecule has 1 fully saturated rings. The van der Waals surface area contributed by atoms with E-state index in [0.717, 1.165) is 50.2 Å². The molecule has 0 bridgehead atoms. The molecule has 3 rings (SSSR count). The summed E-state index contributed by atoms with van der Waals surface area (Å²) in [5.74, 6) is 0.790. The molecule has 0 saturated carbocycles. The number of morpholine rings is 1. The van der Waals surface area contributed by atoms with Crippen LogP contribution in [0.5, 0.6) is 0 Å². The average molecular weight is 340 g/mol. The second-order valence-corrected chi connectivity index (χ2v) is 8.48. The summed E-state index contributed by atoms with van der Waals surface area (Å²) in [4.78, 5) is 8.51. The van der Waals surface area contributed by atoms with Crippen molar-refractivity contribution in [3.8, 4) is 0 Å². The number of aliphatic hydroxyl groups is 1. The molecule has 2 aliphatic rings. The molecule has 2 unspecified atom stereocenters. The van der Waals surface area contributed by atoms with E-state index in [0.29, 0.717) is 13.1 Å². The van der Waals surface area contributed by atoms with Crippen molar-refractivity contribution < 1.29 is 9.84 Å². The minimum Gasteiger partial charge on any atom is -0.388 e. The fourth-order valence-electron chi connectivity index (χ4n) is 3.40. The highest BCUT2D eigenvalue weighted by Gasteiger charge is 2.25. The first-order valence-corrected chi connectivity index (χ1v) is 9.54. The lowest BCUT2D eigenvalue weighted by Crippen LogP contribution is -2.50. The number of hydrogen-bond donors (Lipinski definition) is 2. The van der Waals surface area contributed by atoms with Gasteiger partial charge in [0.15, 0.2) is 0 Å². The zero-order chi connectivity index (χ0) is 16.3. The van der Waals surface area contributed by atoms with Gasteiger partial charge in [0, 0.05) is 37.6 Å². The van der Waals surface area contributed by atoms with Crippen molar-refractivity contribution in [2.45, 2.75) is 45.3 Å². The molecular weight excluding hydrogens is 310 g/mol. The maximum absolute atomic E-state index is 10.6. The largest absolute Gasteiger partial charge is 0.388 e. The first-order valence-electron chi connectivity index (χ1n) is 8.72. The molecule has 0 amide bonds. The SMILES string of the molecule is CC1CCc2nc(CNCC(C)(O)CN3CCOCC3)sc2C1. The molecule has 0 spiro atoms. The number of aromatic nitrogens is 1. The van der Waals surface area contributed by atoms with E-state index >= 15 is 0 Å². The third kappa shape index (κ3) is 4.97. The van der Waals surface area contributed by atoms with Crippen molar-refractivity contribution in [1.29, 1.82) is 0 Å². The molecule has 1 aromatic rings. The van der Waals surface area contributed by atoms with E-state index in [2.05, 4.69) is 17.1 Å². The summed E-state index contributed by atoms with van der Waals surface area (Å²) < 4.78 is 5.35. The zero-order valence-electron chi connectivity index (χ0n) is 14.3. The van der Waals surface area contributed by atoms with Crippen molar-refractivity contribution in [1.82, 2.24) is 15.2 Å². The van der Waals surface area contributed by atoms with Gasteiger partial charge in [-0.05, 0) is 32.1 Å². The lowest BCUT2D eigenvalue weighted by molar-refractivity contribution is -0.0219. The number of rotatable bonds is 6. The normalized spacial score (nSPS) is 25.1. The molecule has 1 aromatic heterocycles. The Balaban J connectivity index is 1.45. The molecular formula is C17H29N3O2S. The first kappa shape index (κ1) is 17.3. The number of ether oxygens (including phenoxy) is 1. The van der Waals surface area contributed by atoms with Crippen LogP contribution in [-0.4, -0.2) is 60.0 Å². The highest BCUT2D eigenvalue weighted by molar-refractivity contribution is 7.11. The summed E-state index contributed by atoms with van der Waals surface area (Å²) in [6, 6.07) is 0. The van der Waals surface area contributed by atoms with Crippen LogP contribution in [0.15, 0.2) is 0 Å². The number of hydrogen-bond acceptors (Lipinski definition) is 6. The van der Waals surface area contributed by atoms with Gasteiger partial charge in [-0.25, -0.2) is 4.98 Å².